The number of hydrogen-bond donors (Lipinski definition) is 2. The first kappa shape index (κ1) is 19.8. The summed E-state index contributed by atoms with van der Waals surface area (Å²) in [6, 6.07) is 19.7. The molecule has 0 spiro atoms. The van der Waals surface area contributed by atoms with Crippen molar-refractivity contribution in [2.24, 2.45) is 17.8 Å². The van der Waals surface area contributed by atoms with Crippen molar-refractivity contribution >= 4 is 21.3 Å². The summed E-state index contributed by atoms with van der Waals surface area (Å²) in [4.78, 5) is 0. The Morgan fingerprint density at radius 3 is 2.28 bits per heavy atom. The summed E-state index contributed by atoms with van der Waals surface area (Å²) < 4.78 is 0. The molecule has 4 saturated carbocycles. The summed E-state index contributed by atoms with van der Waals surface area (Å²) in [5.41, 5.74) is 2.69. The van der Waals surface area contributed by atoms with Crippen LogP contribution in [0.3, 0.4) is 0 Å². The van der Waals surface area contributed by atoms with Gasteiger partial charge in [0.2, 0.25) is 0 Å². The minimum absolute atomic E-state index is 0.0293. The van der Waals surface area contributed by atoms with Crippen molar-refractivity contribution in [2.75, 3.05) is 0 Å². The molecule has 150 valence electrons. The van der Waals surface area contributed by atoms with E-state index in [9.17, 15) is 5.11 Å². The predicted molar refractivity (Wildman–Crippen MR) is 123 cm³/mol. The molecule has 0 aliphatic heterocycles. The van der Waals surface area contributed by atoms with Crippen LogP contribution >= 0.6 is 8.46 Å². The highest BCUT2D eigenvalue weighted by Gasteiger charge is 2.57. The number of aliphatic hydroxyl groups excluding tert-OH is 1. The molecule has 4 bridgehead atoms. The standard InChI is InChI=1S/C25H31BNOP/c1-16(23(28)19-5-3-2-4-6-19)27-24-20-12-17-11-18(13-20)15-25(24,14-17)21-7-9-22(29-26)10-8-21/h2-10,16-18,20,23-24,27-29H,11-15H2,1H3. The van der Waals surface area contributed by atoms with E-state index in [1.54, 1.807) is 0 Å². The molecule has 6 atom stereocenters. The number of benzene rings is 2. The zero-order chi connectivity index (χ0) is 20.0. The van der Waals surface area contributed by atoms with Crippen molar-refractivity contribution < 1.29 is 5.11 Å². The molecular formula is C25H31BNOP. The van der Waals surface area contributed by atoms with E-state index < -0.39 is 6.10 Å². The summed E-state index contributed by atoms with van der Waals surface area (Å²) in [6.07, 6.45) is 6.23. The lowest BCUT2D eigenvalue weighted by molar-refractivity contribution is -0.0472. The molecule has 2 aromatic rings. The van der Waals surface area contributed by atoms with Crippen LogP contribution < -0.4 is 10.6 Å². The summed E-state index contributed by atoms with van der Waals surface area (Å²) in [7, 11) is 6.24. The smallest absolute Gasteiger partial charge is 0.110 e. The molecule has 2 aromatic carbocycles. The highest BCUT2D eigenvalue weighted by Crippen LogP contribution is 2.60. The van der Waals surface area contributed by atoms with E-state index in [0.29, 0.717) is 14.5 Å². The third-order valence-electron chi connectivity index (χ3n) is 8.00. The lowest BCUT2D eigenvalue weighted by Gasteiger charge is -2.62. The summed E-state index contributed by atoms with van der Waals surface area (Å²) in [5.74, 6) is 2.47. The van der Waals surface area contributed by atoms with E-state index in [1.807, 2.05) is 30.3 Å². The first-order valence-electron chi connectivity index (χ1n) is 11.2. The van der Waals surface area contributed by atoms with Crippen molar-refractivity contribution in [1.82, 2.24) is 5.32 Å². The molecule has 6 rings (SSSR count). The monoisotopic (exact) mass is 403 g/mol. The van der Waals surface area contributed by atoms with Crippen LogP contribution in [0.5, 0.6) is 0 Å². The van der Waals surface area contributed by atoms with Gasteiger partial charge >= 0.3 is 0 Å². The maximum atomic E-state index is 11.0. The lowest BCUT2D eigenvalue weighted by atomic mass is 9.45. The molecule has 4 aliphatic carbocycles. The average molecular weight is 403 g/mol. The Bertz CT molecular complexity index is 828. The van der Waals surface area contributed by atoms with E-state index >= 15 is 0 Å². The van der Waals surface area contributed by atoms with E-state index in [4.69, 9.17) is 7.57 Å². The first-order chi connectivity index (χ1) is 14.1. The first-order valence-corrected chi connectivity index (χ1v) is 12.2. The molecule has 0 aromatic heterocycles. The van der Waals surface area contributed by atoms with Gasteiger partial charge in [-0.25, -0.2) is 0 Å². The summed E-state index contributed by atoms with van der Waals surface area (Å²) in [5, 5.41) is 16.2. The third-order valence-corrected chi connectivity index (χ3v) is 8.66. The topological polar surface area (TPSA) is 32.3 Å². The van der Waals surface area contributed by atoms with Crippen LogP contribution in [0.15, 0.2) is 54.6 Å². The normalized spacial score (nSPS) is 35.2. The Labute approximate surface area is 178 Å². The minimum atomic E-state index is -0.480. The van der Waals surface area contributed by atoms with Gasteiger partial charge in [-0.15, -0.1) is 8.46 Å². The van der Waals surface area contributed by atoms with E-state index in [-0.39, 0.29) is 11.5 Å². The maximum absolute atomic E-state index is 11.0. The zero-order valence-electron chi connectivity index (χ0n) is 17.2. The van der Waals surface area contributed by atoms with Crippen LogP contribution in [0, 0.1) is 17.8 Å². The second kappa shape index (κ2) is 7.84. The van der Waals surface area contributed by atoms with Gasteiger partial charge in [-0.1, -0.05) is 54.6 Å². The Morgan fingerprint density at radius 2 is 1.66 bits per heavy atom. The number of hydrogen-bond acceptors (Lipinski definition) is 2. The van der Waals surface area contributed by atoms with Crippen LogP contribution in [0.4, 0.5) is 0 Å². The quantitative estimate of drug-likeness (QED) is 0.559. The van der Waals surface area contributed by atoms with Crippen molar-refractivity contribution in [1.29, 1.82) is 0 Å². The van der Waals surface area contributed by atoms with Gasteiger partial charge < -0.3 is 10.4 Å². The SMILES string of the molecule is [B]Pc1ccc(C23CC4CC(CC(C4)C2NC(C)C(O)c2ccccc2)C3)cc1. The molecule has 4 aliphatic rings. The lowest BCUT2D eigenvalue weighted by Crippen LogP contribution is -2.65. The van der Waals surface area contributed by atoms with Crippen LogP contribution in [0.1, 0.15) is 56.3 Å². The highest BCUT2D eigenvalue weighted by molar-refractivity contribution is 7.73. The molecule has 4 fully saturated rings. The van der Waals surface area contributed by atoms with Crippen LogP contribution in [0.25, 0.3) is 0 Å². The van der Waals surface area contributed by atoms with Gasteiger partial charge in [-0.2, -0.15) is 0 Å². The Morgan fingerprint density at radius 1 is 1.00 bits per heavy atom. The molecule has 2 nitrogen and oxygen atoms in total. The molecule has 0 heterocycles. The number of nitrogens with one attached hydrogen (secondary N) is 1. The van der Waals surface area contributed by atoms with Crippen molar-refractivity contribution in [3.63, 3.8) is 0 Å². The largest absolute Gasteiger partial charge is 0.387 e. The Balaban J connectivity index is 1.45. The van der Waals surface area contributed by atoms with Crippen molar-refractivity contribution in [2.45, 2.75) is 62.6 Å². The molecule has 4 heteroatoms. The Kier molecular flexibility index (Phi) is 5.35. The van der Waals surface area contributed by atoms with Gasteiger partial charge in [0.15, 0.2) is 0 Å². The molecule has 2 radical (unpaired) electrons. The van der Waals surface area contributed by atoms with Crippen molar-refractivity contribution in [3.8, 4) is 0 Å². The van der Waals surface area contributed by atoms with Crippen LogP contribution in [0.2, 0.25) is 0 Å². The second-order valence-corrected chi connectivity index (χ2v) is 10.6. The summed E-state index contributed by atoms with van der Waals surface area (Å²) >= 11 is 0. The molecule has 29 heavy (non-hydrogen) atoms. The van der Waals surface area contributed by atoms with Gasteiger partial charge in [-0.3, -0.25) is 0 Å². The fourth-order valence-electron chi connectivity index (χ4n) is 6.96. The van der Waals surface area contributed by atoms with Gasteiger partial charge in [0.05, 0.1) is 6.10 Å². The Hall–Kier alpha value is -1.15. The fraction of sp³-hybridized carbons (Fsp3) is 0.520. The molecule has 6 unspecified atom stereocenters. The highest BCUT2D eigenvalue weighted by atomic mass is 31.1. The van der Waals surface area contributed by atoms with Gasteiger partial charge in [0, 0.05) is 17.5 Å². The van der Waals surface area contributed by atoms with Crippen LogP contribution in [-0.4, -0.2) is 24.8 Å². The summed E-state index contributed by atoms with van der Waals surface area (Å²) in [6.45, 7) is 2.15. The molecule has 0 saturated heterocycles. The number of aliphatic hydroxyl groups is 1. The predicted octanol–water partition coefficient (Wildman–Crippen LogP) is 4.23. The van der Waals surface area contributed by atoms with Gasteiger partial charge in [-0.05, 0) is 73.2 Å². The average Bonchev–Trinajstić information content (AvgIpc) is 2.75. The zero-order valence-corrected chi connectivity index (χ0v) is 18.2. The number of rotatable bonds is 6. The molecule has 2 N–H and O–H groups in total. The van der Waals surface area contributed by atoms with Crippen molar-refractivity contribution in [3.05, 3.63) is 65.7 Å². The van der Waals surface area contributed by atoms with Crippen LogP contribution in [-0.2, 0) is 5.41 Å². The minimum Gasteiger partial charge on any atom is -0.387 e. The van der Waals surface area contributed by atoms with Gasteiger partial charge in [0.25, 0.3) is 0 Å². The van der Waals surface area contributed by atoms with Gasteiger partial charge in [0.1, 0.15) is 7.57 Å². The molecule has 0 amide bonds. The van der Waals surface area contributed by atoms with E-state index in [0.717, 1.165) is 23.3 Å². The molecular weight excluding hydrogens is 372 g/mol. The van der Waals surface area contributed by atoms with E-state index in [1.165, 1.54) is 43.0 Å². The third kappa shape index (κ3) is 3.50. The fourth-order valence-corrected chi connectivity index (χ4v) is 7.32. The second-order valence-electron chi connectivity index (χ2n) is 9.77. The van der Waals surface area contributed by atoms with E-state index in [2.05, 4.69) is 36.5 Å². The maximum Gasteiger partial charge on any atom is 0.110 e.